The molecule has 0 aliphatic rings. The molecule has 2 rings (SSSR count). The minimum atomic E-state index is 0.614. The van der Waals surface area contributed by atoms with Crippen molar-refractivity contribution in [2.75, 3.05) is 6.54 Å². The Labute approximate surface area is 76.6 Å². The monoisotopic (exact) mass is 173 g/mol. The molecule has 0 spiro atoms. The summed E-state index contributed by atoms with van der Waals surface area (Å²) in [6, 6.07) is 8.08. The Hall–Kier alpha value is -1.48. The molecule has 1 aromatic carbocycles. The van der Waals surface area contributed by atoms with Crippen molar-refractivity contribution in [1.29, 1.82) is 0 Å². The predicted molar refractivity (Wildman–Crippen MR) is 52.3 cm³/mol. The topological polar surface area (TPSA) is 51.8 Å². The number of benzene rings is 1. The summed E-state index contributed by atoms with van der Waals surface area (Å²) in [6.45, 7) is 0.614. The fraction of sp³-hybridized carbons (Fsp3) is 0.200. The summed E-state index contributed by atoms with van der Waals surface area (Å²) < 4.78 is 0. The fourth-order valence-electron chi connectivity index (χ4n) is 1.41. The van der Waals surface area contributed by atoms with Crippen LogP contribution in [-0.4, -0.2) is 16.7 Å². The van der Waals surface area contributed by atoms with Crippen molar-refractivity contribution in [3.63, 3.8) is 0 Å². The van der Waals surface area contributed by atoms with E-state index < -0.39 is 0 Å². The smallest absolute Gasteiger partial charge is 0.0721 e. The van der Waals surface area contributed by atoms with Crippen LogP contribution in [0.4, 0.5) is 0 Å². The largest absolute Gasteiger partial charge is 0.330 e. The zero-order valence-corrected chi connectivity index (χ0v) is 7.27. The van der Waals surface area contributed by atoms with Gasteiger partial charge in [0.05, 0.1) is 11.9 Å². The minimum Gasteiger partial charge on any atom is -0.330 e. The molecule has 0 aliphatic heterocycles. The van der Waals surface area contributed by atoms with Gasteiger partial charge in [0.1, 0.15) is 0 Å². The first-order chi connectivity index (χ1) is 6.42. The Balaban J connectivity index is 2.61. The molecule has 0 amide bonds. The molecule has 0 unspecified atom stereocenters. The third kappa shape index (κ3) is 1.51. The lowest BCUT2D eigenvalue weighted by Gasteiger charge is -2.01. The van der Waals surface area contributed by atoms with E-state index in [0.29, 0.717) is 6.54 Å². The summed E-state index contributed by atoms with van der Waals surface area (Å²) in [7, 11) is 0. The standard InChI is InChI=1S/C10H11N3/c11-6-5-10-9-4-2-1-3-8(9)7-12-13-10/h1-4,7H,5-6,11H2. The van der Waals surface area contributed by atoms with Crippen molar-refractivity contribution < 1.29 is 0 Å². The molecule has 0 atom stereocenters. The molecule has 3 nitrogen and oxygen atoms in total. The van der Waals surface area contributed by atoms with E-state index in [1.165, 1.54) is 0 Å². The molecule has 0 saturated heterocycles. The maximum absolute atomic E-state index is 5.48. The zero-order chi connectivity index (χ0) is 9.10. The van der Waals surface area contributed by atoms with Crippen LogP contribution in [0.15, 0.2) is 30.5 Å². The molecular weight excluding hydrogens is 162 g/mol. The van der Waals surface area contributed by atoms with Crippen molar-refractivity contribution >= 4 is 10.8 Å². The third-order valence-electron chi connectivity index (χ3n) is 2.03. The lowest BCUT2D eigenvalue weighted by atomic mass is 10.1. The zero-order valence-electron chi connectivity index (χ0n) is 7.27. The summed E-state index contributed by atoms with van der Waals surface area (Å²) in [6.07, 6.45) is 2.56. The molecule has 13 heavy (non-hydrogen) atoms. The van der Waals surface area contributed by atoms with E-state index >= 15 is 0 Å². The number of nitrogens with zero attached hydrogens (tertiary/aromatic N) is 2. The summed E-state index contributed by atoms with van der Waals surface area (Å²) in [5.74, 6) is 0. The molecule has 66 valence electrons. The quantitative estimate of drug-likeness (QED) is 0.740. The first-order valence-corrected chi connectivity index (χ1v) is 4.31. The van der Waals surface area contributed by atoms with Gasteiger partial charge in [-0.3, -0.25) is 0 Å². The Kier molecular flexibility index (Phi) is 2.19. The van der Waals surface area contributed by atoms with Crippen LogP contribution in [0.5, 0.6) is 0 Å². The van der Waals surface area contributed by atoms with Gasteiger partial charge >= 0.3 is 0 Å². The van der Waals surface area contributed by atoms with Crippen LogP contribution in [0, 0.1) is 0 Å². The Bertz CT molecular complexity index is 406. The summed E-state index contributed by atoms with van der Waals surface area (Å²) in [4.78, 5) is 0. The molecule has 0 aliphatic carbocycles. The molecule has 1 aromatic heterocycles. The normalized spacial score (nSPS) is 10.5. The van der Waals surface area contributed by atoms with E-state index in [0.717, 1.165) is 22.9 Å². The van der Waals surface area contributed by atoms with Crippen LogP contribution in [0.3, 0.4) is 0 Å². The minimum absolute atomic E-state index is 0.614. The van der Waals surface area contributed by atoms with Crippen molar-refractivity contribution in [3.8, 4) is 0 Å². The van der Waals surface area contributed by atoms with Crippen LogP contribution in [0.25, 0.3) is 10.8 Å². The summed E-state index contributed by atoms with van der Waals surface area (Å²) in [5.41, 5.74) is 6.47. The summed E-state index contributed by atoms with van der Waals surface area (Å²) in [5, 5.41) is 10.3. The van der Waals surface area contributed by atoms with Crippen LogP contribution < -0.4 is 5.73 Å². The molecule has 1 heterocycles. The Morgan fingerprint density at radius 2 is 2.08 bits per heavy atom. The first-order valence-electron chi connectivity index (χ1n) is 4.31. The fourth-order valence-corrected chi connectivity index (χ4v) is 1.41. The van der Waals surface area contributed by atoms with Gasteiger partial charge in [0.2, 0.25) is 0 Å². The first kappa shape index (κ1) is 8.13. The molecule has 0 saturated carbocycles. The van der Waals surface area contributed by atoms with Crippen LogP contribution >= 0.6 is 0 Å². The van der Waals surface area contributed by atoms with Crippen molar-refractivity contribution in [2.45, 2.75) is 6.42 Å². The molecule has 3 heteroatoms. The third-order valence-corrected chi connectivity index (χ3v) is 2.03. The average Bonchev–Trinajstić information content (AvgIpc) is 2.19. The van der Waals surface area contributed by atoms with Gasteiger partial charge in [-0.05, 0) is 6.54 Å². The molecule has 2 N–H and O–H groups in total. The highest BCUT2D eigenvalue weighted by Gasteiger charge is 2.00. The molecular formula is C10H11N3. The van der Waals surface area contributed by atoms with Gasteiger partial charge in [0.25, 0.3) is 0 Å². The van der Waals surface area contributed by atoms with E-state index in [1.54, 1.807) is 6.20 Å². The highest BCUT2D eigenvalue weighted by Crippen LogP contribution is 2.14. The van der Waals surface area contributed by atoms with E-state index in [4.69, 9.17) is 5.73 Å². The van der Waals surface area contributed by atoms with E-state index in [1.807, 2.05) is 18.2 Å². The van der Waals surface area contributed by atoms with Crippen LogP contribution in [0.2, 0.25) is 0 Å². The number of rotatable bonds is 2. The number of fused-ring (bicyclic) bond motifs is 1. The Morgan fingerprint density at radius 3 is 2.92 bits per heavy atom. The second kappa shape index (κ2) is 3.49. The van der Waals surface area contributed by atoms with Gasteiger partial charge in [0, 0.05) is 17.2 Å². The maximum Gasteiger partial charge on any atom is 0.0721 e. The van der Waals surface area contributed by atoms with Gasteiger partial charge in [-0.1, -0.05) is 24.3 Å². The number of aromatic nitrogens is 2. The van der Waals surface area contributed by atoms with Gasteiger partial charge in [-0.25, -0.2) is 0 Å². The second-order valence-electron chi connectivity index (χ2n) is 2.92. The number of hydrogen-bond acceptors (Lipinski definition) is 3. The van der Waals surface area contributed by atoms with Crippen molar-refractivity contribution in [1.82, 2.24) is 10.2 Å². The SMILES string of the molecule is NCCc1nncc2ccccc12. The van der Waals surface area contributed by atoms with Crippen LogP contribution in [0.1, 0.15) is 5.69 Å². The number of nitrogens with two attached hydrogens (primary N) is 1. The average molecular weight is 173 g/mol. The lowest BCUT2D eigenvalue weighted by Crippen LogP contribution is -2.05. The highest BCUT2D eigenvalue weighted by atomic mass is 15.1. The molecule has 0 bridgehead atoms. The van der Waals surface area contributed by atoms with Crippen LogP contribution in [-0.2, 0) is 6.42 Å². The van der Waals surface area contributed by atoms with E-state index in [2.05, 4.69) is 16.3 Å². The molecule has 2 aromatic rings. The predicted octanol–water partition coefficient (Wildman–Crippen LogP) is 1.13. The maximum atomic E-state index is 5.48. The molecule has 0 fully saturated rings. The Morgan fingerprint density at radius 1 is 1.23 bits per heavy atom. The highest BCUT2D eigenvalue weighted by molar-refractivity contribution is 5.83. The number of hydrogen-bond donors (Lipinski definition) is 1. The second-order valence-corrected chi connectivity index (χ2v) is 2.92. The van der Waals surface area contributed by atoms with Gasteiger partial charge in [0.15, 0.2) is 0 Å². The van der Waals surface area contributed by atoms with Gasteiger partial charge < -0.3 is 5.73 Å². The van der Waals surface area contributed by atoms with Gasteiger partial charge in [-0.2, -0.15) is 10.2 Å². The van der Waals surface area contributed by atoms with Gasteiger partial charge in [-0.15, -0.1) is 0 Å². The van der Waals surface area contributed by atoms with E-state index in [-0.39, 0.29) is 0 Å². The summed E-state index contributed by atoms with van der Waals surface area (Å²) >= 11 is 0. The van der Waals surface area contributed by atoms with E-state index in [9.17, 15) is 0 Å². The lowest BCUT2D eigenvalue weighted by molar-refractivity contribution is 0.882. The molecule has 0 radical (unpaired) electrons. The van der Waals surface area contributed by atoms with Crippen molar-refractivity contribution in [2.24, 2.45) is 5.73 Å². The van der Waals surface area contributed by atoms with Crippen molar-refractivity contribution in [3.05, 3.63) is 36.2 Å².